The van der Waals surface area contributed by atoms with Gasteiger partial charge in [0.1, 0.15) is 11.5 Å². The van der Waals surface area contributed by atoms with Crippen LogP contribution in [0, 0.1) is 5.41 Å². The lowest BCUT2D eigenvalue weighted by molar-refractivity contribution is -0.117. The van der Waals surface area contributed by atoms with Crippen molar-refractivity contribution in [2.24, 2.45) is 5.41 Å². The lowest BCUT2D eigenvalue weighted by Crippen LogP contribution is -2.45. The molecule has 1 aliphatic rings. The summed E-state index contributed by atoms with van der Waals surface area (Å²) in [6.07, 6.45) is 3.60. The van der Waals surface area contributed by atoms with E-state index in [4.69, 9.17) is 47.4 Å². The van der Waals surface area contributed by atoms with E-state index >= 15 is 0 Å². The second-order valence-corrected chi connectivity index (χ2v) is 11.0. The summed E-state index contributed by atoms with van der Waals surface area (Å²) in [5.41, 5.74) is 2.45. The van der Waals surface area contributed by atoms with Crippen LogP contribution in [0.4, 0.5) is 5.95 Å². The Morgan fingerprint density at radius 1 is 1.13 bits per heavy atom. The quantitative estimate of drug-likeness (QED) is 0.367. The molecule has 0 saturated carbocycles. The SMILES string of the molecule is C=CC(=O)N[C@H]1COC[C@H]1Nc1ncc2cc(-c3c(Cl)c(OC)cc(OC)c3Cl)nc(CC(C)(C)C)c2n1. The monoisotopic (exact) mass is 559 g/mol. The molecule has 1 amide bonds. The van der Waals surface area contributed by atoms with E-state index in [0.29, 0.717) is 63.9 Å². The summed E-state index contributed by atoms with van der Waals surface area (Å²) in [6.45, 7) is 10.7. The summed E-state index contributed by atoms with van der Waals surface area (Å²) in [5, 5.41) is 7.61. The Balaban J connectivity index is 1.80. The highest BCUT2D eigenvalue weighted by Crippen LogP contribution is 2.46. The third-order valence-corrected chi connectivity index (χ3v) is 6.82. The Hall–Kier alpha value is -3.14. The van der Waals surface area contributed by atoms with Crippen LogP contribution in [0.1, 0.15) is 26.5 Å². The van der Waals surface area contributed by atoms with Gasteiger partial charge in [-0.05, 0) is 24.0 Å². The summed E-state index contributed by atoms with van der Waals surface area (Å²) >= 11 is 13.4. The fourth-order valence-electron chi connectivity index (χ4n) is 4.29. The molecule has 0 spiro atoms. The predicted molar refractivity (Wildman–Crippen MR) is 149 cm³/mol. The van der Waals surface area contributed by atoms with Gasteiger partial charge in [-0.2, -0.15) is 0 Å². The van der Waals surface area contributed by atoms with E-state index in [9.17, 15) is 4.79 Å². The number of rotatable bonds is 8. The van der Waals surface area contributed by atoms with Gasteiger partial charge >= 0.3 is 0 Å². The van der Waals surface area contributed by atoms with Crippen molar-refractivity contribution in [2.45, 2.75) is 39.3 Å². The molecule has 9 nitrogen and oxygen atoms in total. The minimum atomic E-state index is -0.262. The van der Waals surface area contributed by atoms with Gasteiger partial charge in [-0.1, -0.05) is 50.6 Å². The van der Waals surface area contributed by atoms with E-state index in [1.165, 1.54) is 20.3 Å². The van der Waals surface area contributed by atoms with Crippen LogP contribution in [-0.2, 0) is 16.0 Å². The molecule has 4 rings (SSSR count). The summed E-state index contributed by atoms with van der Waals surface area (Å²) in [4.78, 5) is 26.1. The second-order valence-electron chi connectivity index (χ2n) is 10.2. The average Bonchev–Trinajstić information content (AvgIpc) is 3.29. The Morgan fingerprint density at radius 2 is 1.79 bits per heavy atom. The molecule has 1 aromatic carbocycles. The number of hydrogen-bond donors (Lipinski definition) is 2. The van der Waals surface area contributed by atoms with Crippen molar-refractivity contribution in [3.8, 4) is 22.8 Å². The van der Waals surface area contributed by atoms with E-state index in [-0.39, 0.29) is 23.4 Å². The fourth-order valence-corrected chi connectivity index (χ4v) is 4.98. The van der Waals surface area contributed by atoms with Crippen LogP contribution < -0.4 is 20.1 Å². The summed E-state index contributed by atoms with van der Waals surface area (Å²) in [7, 11) is 3.06. The number of halogens is 2. The van der Waals surface area contributed by atoms with Crippen LogP contribution in [0.25, 0.3) is 22.2 Å². The van der Waals surface area contributed by atoms with Crippen molar-refractivity contribution < 1.29 is 19.0 Å². The second kappa shape index (κ2) is 11.3. The third-order valence-electron chi connectivity index (χ3n) is 6.07. The lowest BCUT2D eigenvalue weighted by atomic mass is 9.89. The zero-order chi connectivity index (χ0) is 27.6. The van der Waals surface area contributed by atoms with Gasteiger partial charge in [0, 0.05) is 23.2 Å². The predicted octanol–water partition coefficient (Wildman–Crippen LogP) is 5.09. The molecule has 11 heteroatoms. The molecule has 2 atom stereocenters. The molecule has 0 aliphatic carbocycles. The van der Waals surface area contributed by atoms with E-state index in [0.717, 1.165) is 11.1 Å². The molecule has 1 saturated heterocycles. The maximum atomic E-state index is 11.8. The first kappa shape index (κ1) is 27.9. The van der Waals surface area contributed by atoms with Crippen molar-refractivity contribution in [2.75, 3.05) is 32.8 Å². The minimum Gasteiger partial charge on any atom is -0.495 e. The van der Waals surface area contributed by atoms with Gasteiger partial charge in [-0.25, -0.2) is 9.97 Å². The molecule has 2 N–H and O–H groups in total. The third kappa shape index (κ3) is 5.95. The topological polar surface area (TPSA) is 107 Å². The van der Waals surface area contributed by atoms with Crippen LogP contribution in [0.3, 0.4) is 0 Å². The van der Waals surface area contributed by atoms with Crippen molar-refractivity contribution in [1.82, 2.24) is 20.3 Å². The number of carbonyl (C=O) groups excluding carboxylic acids is 1. The van der Waals surface area contributed by atoms with E-state index in [2.05, 4.69) is 43.0 Å². The number of methoxy groups -OCH3 is 2. The van der Waals surface area contributed by atoms with Crippen molar-refractivity contribution in [3.05, 3.63) is 46.7 Å². The molecule has 3 aromatic rings. The Bertz CT molecular complexity index is 1350. The average molecular weight is 560 g/mol. The molecule has 0 radical (unpaired) electrons. The summed E-state index contributed by atoms with van der Waals surface area (Å²) in [5.74, 6) is 1.00. The van der Waals surface area contributed by atoms with E-state index < -0.39 is 0 Å². The van der Waals surface area contributed by atoms with Crippen molar-refractivity contribution in [3.63, 3.8) is 0 Å². The van der Waals surface area contributed by atoms with Crippen LogP contribution >= 0.6 is 23.2 Å². The number of fused-ring (bicyclic) bond motifs is 1. The first-order chi connectivity index (χ1) is 18.0. The molecule has 0 unspecified atom stereocenters. The molecule has 0 bridgehead atoms. The number of pyridine rings is 1. The summed E-state index contributed by atoms with van der Waals surface area (Å²) in [6, 6.07) is 3.06. The van der Waals surface area contributed by atoms with Crippen LogP contribution in [0.2, 0.25) is 10.0 Å². The lowest BCUT2D eigenvalue weighted by Gasteiger charge is -2.21. The standard InChI is InChI=1S/C27H31Cl2N5O4/c1-7-21(35)32-17-12-38-13-18(17)33-26-30-11-14-8-15(31-16(25(14)34-26)10-27(2,3)4)22-23(28)19(36-5)9-20(37-6)24(22)29/h7-9,11,17-18H,1,10,12-13H2,2-6H3,(H,32,35)(H,30,33,34)/t17-,18+/m0/s1. The number of hydrogen-bond acceptors (Lipinski definition) is 8. The van der Waals surface area contributed by atoms with Gasteiger partial charge in [-0.3, -0.25) is 9.78 Å². The number of benzene rings is 1. The Morgan fingerprint density at radius 3 is 2.39 bits per heavy atom. The highest BCUT2D eigenvalue weighted by molar-refractivity contribution is 6.41. The number of aromatic nitrogens is 3. The highest BCUT2D eigenvalue weighted by atomic mass is 35.5. The molecule has 1 fully saturated rings. The smallest absolute Gasteiger partial charge is 0.243 e. The number of nitrogens with zero attached hydrogens (tertiary/aromatic N) is 3. The molecule has 1 aliphatic heterocycles. The van der Waals surface area contributed by atoms with Crippen molar-refractivity contribution >= 4 is 46.0 Å². The van der Waals surface area contributed by atoms with Crippen LogP contribution in [0.5, 0.6) is 11.5 Å². The van der Waals surface area contributed by atoms with Crippen molar-refractivity contribution in [1.29, 1.82) is 0 Å². The van der Waals surface area contributed by atoms with E-state index in [1.54, 1.807) is 12.3 Å². The van der Waals surface area contributed by atoms with Crippen LogP contribution in [-0.4, -0.2) is 60.4 Å². The largest absolute Gasteiger partial charge is 0.495 e. The number of amides is 1. The maximum Gasteiger partial charge on any atom is 0.243 e. The number of carbonyl (C=O) groups is 1. The zero-order valence-corrected chi connectivity index (χ0v) is 23.5. The summed E-state index contributed by atoms with van der Waals surface area (Å²) < 4.78 is 16.5. The molecule has 2 aromatic heterocycles. The number of nitrogens with one attached hydrogen (secondary N) is 2. The molecular formula is C27H31Cl2N5O4. The maximum absolute atomic E-state index is 11.8. The van der Waals surface area contributed by atoms with Gasteiger partial charge in [0.05, 0.1) is 66.5 Å². The van der Waals surface area contributed by atoms with Gasteiger partial charge in [0.2, 0.25) is 11.9 Å². The minimum absolute atomic E-state index is 0.0872. The fraction of sp³-hybridized carbons (Fsp3) is 0.407. The van der Waals surface area contributed by atoms with Gasteiger partial charge in [0.15, 0.2) is 0 Å². The number of anilines is 1. The molecular weight excluding hydrogens is 529 g/mol. The van der Waals surface area contributed by atoms with E-state index in [1.807, 2.05) is 6.07 Å². The first-order valence-corrected chi connectivity index (χ1v) is 12.8. The molecule has 3 heterocycles. The Labute approximate surface area is 231 Å². The highest BCUT2D eigenvalue weighted by Gasteiger charge is 2.30. The normalized spacial score (nSPS) is 17.3. The number of ether oxygens (including phenoxy) is 3. The van der Waals surface area contributed by atoms with Gasteiger partial charge in [0.25, 0.3) is 0 Å². The Kier molecular flexibility index (Phi) is 8.30. The first-order valence-electron chi connectivity index (χ1n) is 12.1. The van der Waals surface area contributed by atoms with Gasteiger partial charge < -0.3 is 24.8 Å². The molecule has 202 valence electrons. The molecule has 38 heavy (non-hydrogen) atoms. The van der Waals surface area contributed by atoms with Gasteiger partial charge in [-0.15, -0.1) is 0 Å². The van der Waals surface area contributed by atoms with Crippen LogP contribution in [0.15, 0.2) is 31.0 Å². The zero-order valence-electron chi connectivity index (χ0n) is 22.0.